The first-order valence-corrected chi connectivity index (χ1v) is 8.71. The molecule has 0 rings (SSSR count). The van der Waals surface area contributed by atoms with Crippen molar-refractivity contribution in [3.63, 3.8) is 0 Å². The highest BCUT2D eigenvalue weighted by molar-refractivity contribution is 5.04. The maximum absolute atomic E-state index is 5.84. The van der Waals surface area contributed by atoms with E-state index in [2.05, 4.69) is 55.4 Å². The molecular weight excluding hydrogens is 256 g/mol. The van der Waals surface area contributed by atoms with E-state index in [1.807, 2.05) is 12.5 Å². The zero-order valence-electron chi connectivity index (χ0n) is 15.7. The van der Waals surface area contributed by atoms with E-state index in [0.29, 0.717) is 23.7 Å². The van der Waals surface area contributed by atoms with E-state index in [1.54, 1.807) is 0 Å². The van der Waals surface area contributed by atoms with Gasteiger partial charge in [-0.05, 0) is 60.5 Å². The number of ether oxygens (including phenoxy) is 1. The van der Waals surface area contributed by atoms with Gasteiger partial charge in [-0.15, -0.1) is 0 Å². The van der Waals surface area contributed by atoms with Gasteiger partial charge in [-0.25, -0.2) is 0 Å². The molecule has 124 valence electrons. The third kappa shape index (κ3) is 12.7. The molecule has 0 N–H and O–H groups in total. The van der Waals surface area contributed by atoms with Crippen LogP contribution in [-0.2, 0) is 4.74 Å². The monoisotopic (exact) mass is 294 g/mol. The minimum absolute atomic E-state index is 0.688. The average molecular weight is 295 g/mol. The molecule has 0 amide bonds. The Morgan fingerprint density at radius 2 is 0.810 bits per heavy atom. The highest BCUT2D eigenvalue weighted by atomic mass is 16.5. The molecule has 0 aromatic carbocycles. The van der Waals surface area contributed by atoms with Gasteiger partial charge >= 0.3 is 0 Å². The first-order chi connectivity index (χ1) is 9.70. The molecule has 21 heavy (non-hydrogen) atoms. The van der Waals surface area contributed by atoms with Crippen molar-refractivity contribution < 1.29 is 4.74 Å². The molecule has 0 radical (unpaired) electrons. The van der Waals surface area contributed by atoms with Crippen LogP contribution in [0.15, 0.2) is 23.7 Å². The SMILES string of the molecule is CC(C)CC(=COC=C(CC(C)C)CC(C)C)CC(C)C. The van der Waals surface area contributed by atoms with Crippen molar-refractivity contribution >= 4 is 0 Å². The van der Waals surface area contributed by atoms with Gasteiger partial charge in [0, 0.05) is 0 Å². The topological polar surface area (TPSA) is 9.23 Å². The molecule has 0 bridgehead atoms. The third-order valence-electron chi connectivity index (χ3n) is 3.15. The smallest absolute Gasteiger partial charge is 0.0893 e. The van der Waals surface area contributed by atoms with Crippen LogP contribution in [0.5, 0.6) is 0 Å². The predicted molar refractivity (Wildman–Crippen MR) is 95.1 cm³/mol. The van der Waals surface area contributed by atoms with Gasteiger partial charge < -0.3 is 4.74 Å². The van der Waals surface area contributed by atoms with Gasteiger partial charge in [0.05, 0.1) is 12.5 Å². The van der Waals surface area contributed by atoms with Crippen molar-refractivity contribution in [1.29, 1.82) is 0 Å². The Labute approximate surface area is 133 Å². The second kappa shape index (κ2) is 10.9. The second-order valence-corrected chi connectivity index (χ2v) is 8.08. The molecule has 0 spiro atoms. The van der Waals surface area contributed by atoms with Gasteiger partial charge in [0.25, 0.3) is 0 Å². The van der Waals surface area contributed by atoms with E-state index in [0.717, 1.165) is 25.7 Å². The summed E-state index contributed by atoms with van der Waals surface area (Å²) >= 11 is 0. The molecule has 0 aromatic heterocycles. The van der Waals surface area contributed by atoms with Crippen LogP contribution < -0.4 is 0 Å². The van der Waals surface area contributed by atoms with Crippen molar-refractivity contribution in [2.45, 2.75) is 81.1 Å². The molecule has 1 nitrogen and oxygen atoms in total. The van der Waals surface area contributed by atoms with Gasteiger partial charge in [-0.1, -0.05) is 55.4 Å². The van der Waals surface area contributed by atoms with Gasteiger partial charge in [0.2, 0.25) is 0 Å². The molecule has 0 saturated carbocycles. The normalized spacial score (nSPS) is 11.4. The van der Waals surface area contributed by atoms with Crippen LogP contribution in [-0.4, -0.2) is 0 Å². The van der Waals surface area contributed by atoms with Crippen molar-refractivity contribution in [2.24, 2.45) is 23.7 Å². The Balaban J connectivity index is 4.74. The largest absolute Gasteiger partial charge is 0.473 e. The summed E-state index contributed by atoms with van der Waals surface area (Å²) in [5.41, 5.74) is 2.87. The standard InChI is InChI=1S/C20H38O/c1-15(2)9-19(10-16(3)4)13-21-14-20(11-17(5)6)12-18(7)8/h13-18H,9-12H2,1-8H3. The summed E-state index contributed by atoms with van der Waals surface area (Å²) in [6.07, 6.45) is 8.54. The van der Waals surface area contributed by atoms with E-state index in [4.69, 9.17) is 4.74 Å². The lowest BCUT2D eigenvalue weighted by Crippen LogP contribution is -1.99. The Hall–Kier alpha value is -0.720. The molecule has 0 saturated heterocycles. The molecule has 0 aliphatic carbocycles. The van der Waals surface area contributed by atoms with E-state index in [-0.39, 0.29) is 0 Å². The summed E-state index contributed by atoms with van der Waals surface area (Å²) in [5.74, 6) is 2.75. The number of rotatable bonds is 10. The zero-order chi connectivity index (χ0) is 16.4. The van der Waals surface area contributed by atoms with Crippen molar-refractivity contribution in [2.75, 3.05) is 0 Å². The quantitative estimate of drug-likeness (QED) is 0.396. The molecule has 0 aliphatic heterocycles. The lowest BCUT2D eigenvalue weighted by atomic mass is 9.96. The van der Waals surface area contributed by atoms with E-state index < -0.39 is 0 Å². The van der Waals surface area contributed by atoms with Gasteiger partial charge in [-0.3, -0.25) is 0 Å². The van der Waals surface area contributed by atoms with Crippen LogP contribution in [0.4, 0.5) is 0 Å². The van der Waals surface area contributed by atoms with E-state index in [1.165, 1.54) is 11.1 Å². The fourth-order valence-corrected chi connectivity index (χ4v) is 2.68. The summed E-state index contributed by atoms with van der Waals surface area (Å²) in [7, 11) is 0. The first-order valence-electron chi connectivity index (χ1n) is 8.71. The zero-order valence-corrected chi connectivity index (χ0v) is 15.7. The predicted octanol–water partition coefficient (Wildman–Crippen LogP) is 6.96. The lowest BCUT2D eigenvalue weighted by Gasteiger charge is -2.14. The molecule has 0 aromatic rings. The maximum atomic E-state index is 5.84. The summed E-state index contributed by atoms with van der Waals surface area (Å²) in [4.78, 5) is 0. The van der Waals surface area contributed by atoms with Gasteiger partial charge in [0.15, 0.2) is 0 Å². The second-order valence-electron chi connectivity index (χ2n) is 8.08. The molecule has 1 heteroatoms. The molecule has 0 atom stereocenters. The Morgan fingerprint density at radius 1 is 0.571 bits per heavy atom. The van der Waals surface area contributed by atoms with Crippen molar-refractivity contribution in [3.05, 3.63) is 23.7 Å². The fourth-order valence-electron chi connectivity index (χ4n) is 2.68. The van der Waals surface area contributed by atoms with Crippen molar-refractivity contribution in [1.82, 2.24) is 0 Å². The van der Waals surface area contributed by atoms with Gasteiger partial charge in [0.1, 0.15) is 0 Å². The Bertz CT molecular complexity index is 263. The summed E-state index contributed by atoms with van der Waals surface area (Å²) in [6, 6.07) is 0. The molecular formula is C20H38O. The lowest BCUT2D eigenvalue weighted by molar-refractivity contribution is 0.374. The maximum Gasteiger partial charge on any atom is 0.0893 e. The third-order valence-corrected chi connectivity index (χ3v) is 3.15. The number of hydrogen-bond donors (Lipinski definition) is 0. The number of allylic oxidation sites excluding steroid dienone is 2. The summed E-state index contributed by atoms with van der Waals surface area (Å²) in [6.45, 7) is 18.2. The van der Waals surface area contributed by atoms with Gasteiger partial charge in [-0.2, -0.15) is 0 Å². The summed E-state index contributed by atoms with van der Waals surface area (Å²) < 4.78 is 5.84. The molecule has 0 fully saturated rings. The fraction of sp³-hybridized carbons (Fsp3) is 0.800. The van der Waals surface area contributed by atoms with E-state index in [9.17, 15) is 0 Å². The molecule has 0 heterocycles. The van der Waals surface area contributed by atoms with Crippen LogP contribution in [0.25, 0.3) is 0 Å². The minimum Gasteiger partial charge on any atom is -0.473 e. The highest BCUT2D eigenvalue weighted by Gasteiger charge is 2.07. The molecule has 0 aliphatic rings. The molecule has 0 unspecified atom stereocenters. The average Bonchev–Trinajstić information content (AvgIpc) is 2.24. The minimum atomic E-state index is 0.688. The first kappa shape index (κ1) is 20.3. The van der Waals surface area contributed by atoms with Crippen LogP contribution in [0.3, 0.4) is 0 Å². The Kier molecular flexibility index (Phi) is 10.6. The van der Waals surface area contributed by atoms with Crippen LogP contribution >= 0.6 is 0 Å². The summed E-state index contributed by atoms with van der Waals surface area (Å²) in [5, 5.41) is 0. The van der Waals surface area contributed by atoms with Crippen LogP contribution in [0.1, 0.15) is 81.1 Å². The van der Waals surface area contributed by atoms with Crippen molar-refractivity contribution in [3.8, 4) is 0 Å². The number of hydrogen-bond acceptors (Lipinski definition) is 1. The van der Waals surface area contributed by atoms with Crippen LogP contribution in [0, 0.1) is 23.7 Å². The Morgan fingerprint density at radius 3 is 1.00 bits per heavy atom. The highest BCUT2D eigenvalue weighted by Crippen LogP contribution is 2.21. The van der Waals surface area contributed by atoms with Crippen LogP contribution in [0.2, 0.25) is 0 Å². The van der Waals surface area contributed by atoms with E-state index >= 15 is 0 Å².